The van der Waals surface area contributed by atoms with Crippen LogP contribution in [0.25, 0.3) is 22.2 Å². The fourth-order valence-electron chi connectivity index (χ4n) is 4.45. The molecule has 5 rings (SSSR count). The Hall–Kier alpha value is -4.20. The van der Waals surface area contributed by atoms with E-state index in [2.05, 4.69) is 15.6 Å². The van der Waals surface area contributed by atoms with Gasteiger partial charge in [0.15, 0.2) is 0 Å². The number of nitrogens with zero attached hydrogens (tertiary/aromatic N) is 3. The average Bonchev–Trinajstić information content (AvgIpc) is 3.24. The SMILES string of the molecule is CN(C)CCC(=O)N(C)c1ccc(NC(=C2C(=O)Nc3cc(Cl)ccc32)c2ccc3ncccc3c2)cc1. The molecule has 0 spiro atoms. The topological polar surface area (TPSA) is 77.6 Å². The molecule has 0 unspecified atom stereocenters. The van der Waals surface area contributed by atoms with Crippen molar-refractivity contribution in [2.75, 3.05) is 43.2 Å². The predicted molar refractivity (Wildman–Crippen MR) is 155 cm³/mol. The summed E-state index contributed by atoms with van der Waals surface area (Å²) in [6.07, 6.45) is 2.20. The van der Waals surface area contributed by atoms with E-state index < -0.39 is 0 Å². The molecule has 0 atom stereocenters. The lowest BCUT2D eigenvalue weighted by Crippen LogP contribution is -2.29. The zero-order valence-electron chi connectivity index (χ0n) is 21.5. The van der Waals surface area contributed by atoms with Crippen molar-refractivity contribution >= 4 is 62.7 Å². The van der Waals surface area contributed by atoms with E-state index in [1.54, 1.807) is 30.3 Å². The van der Waals surface area contributed by atoms with Crippen LogP contribution < -0.4 is 15.5 Å². The van der Waals surface area contributed by atoms with E-state index in [9.17, 15) is 9.59 Å². The van der Waals surface area contributed by atoms with Crippen molar-refractivity contribution in [1.82, 2.24) is 9.88 Å². The maximum Gasteiger partial charge on any atom is 0.258 e. The van der Waals surface area contributed by atoms with Crippen LogP contribution in [0.2, 0.25) is 5.02 Å². The van der Waals surface area contributed by atoms with Gasteiger partial charge in [-0.1, -0.05) is 29.8 Å². The van der Waals surface area contributed by atoms with Crippen molar-refractivity contribution in [2.45, 2.75) is 6.42 Å². The largest absolute Gasteiger partial charge is 0.354 e. The molecule has 38 heavy (non-hydrogen) atoms. The van der Waals surface area contributed by atoms with Gasteiger partial charge in [0.05, 0.1) is 22.5 Å². The summed E-state index contributed by atoms with van der Waals surface area (Å²) >= 11 is 6.19. The van der Waals surface area contributed by atoms with Gasteiger partial charge in [-0.15, -0.1) is 0 Å². The van der Waals surface area contributed by atoms with Crippen LogP contribution in [0, 0.1) is 0 Å². The standard InChI is InChI=1S/C30H28ClN5O2/c1-35(2)16-14-27(37)36(3)23-10-8-22(9-11-23)33-29(20-6-13-25-19(17-20)5-4-15-32-25)28-24-12-7-21(31)18-26(24)34-30(28)38/h4-13,15,17-18,33H,14,16H2,1-3H3,(H,34,38). The lowest BCUT2D eigenvalue weighted by atomic mass is 9.99. The average molecular weight is 526 g/mol. The highest BCUT2D eigenvalue weighted by Gasteiger charge is 2.29. The van der Waals surface area contributed by atoms with Crippen LogP contribution in [-0.4, -0.2) is 49.4 Å². The Morgan fingerprint density at radius 2 is 1.79 bits per heavy atom. The van der Waals surface area contributed by atoms with Crippen molar-refractivity contribution in [3.05, 3.63) is 95.1 Å². The molecule has 0 aliphatic carbocycles. The van der Waals surface area contributed by atoms with Gasteiger partial charge in [0.1, 0.15) is 0 Å². The molecule has 1 aliphatic rings. The summed E-state index contributed by atoms with van der Waals surface area (Å²) in [5, 5.41) is 7.93. The minimum atomic E-state index is -0.209. The molecule has 0 bridgehead atoms. The molecule has 8 heteroatoms. The Balaban J connectivity index is 1.53. The first-order chi connectivity index (χ1) is 18.3. The fourth-order valence-corrected chi connectivity index (χ4v) is 4.62. The number of carbonyl (C=O) groups excluding carboxylic acids is 2. The first-order valence-electron chi connectivity index (χ1n) is 12.3. The summed E-state index contributed by atoms with van der Waals surface area (Å²) < 4.78 is 0. The smallest absolute Gasteiger partial charge is 0.258 e. The summed E-state index contributed by atoms with van der Waals surface area (Å²) in [6, 6.07) is 22.8. The third-order valence-electron chi connectivity index (χ3n) is 6.54. The number of halogens is 1. The summed E-state index contributed by atoms with van der Waals surface area (Å²) in [6.45, 7) is 0.690. The molecular formula is C30H28ClN5O2. The quantitative estimate of drug-likeness (QED) is 0.301. The van der Waals surface area contributed by atoms with Crippen LogP contribution in [0.15, 0.2) is 79.0 Å². The van der Waals surface area contributed by atoms with Crippen LogP contribution in [0.1, 0.15) is 17.5 Å². The third kappa shape index (κ3) is 5.25. The fraction of sp³-hybridized carbons (Fsp3) is 0.167. The Morgan fingerprint density at radius 3 is 2.55 bits per heavy atom. The number of nitrogens with one attached hydrogen (secondary N) is 2. The Labute approximate surface area is 226 Å². The number of amides is 2. The monoisotopic (exact) mass is 525 g/mol. The van der Waals surface area contributed by atoms with Crippen LogP contribution in [0.5, 0.6) is 0 Å². The number of hydrogen-bond acceptors (Lipinski definition) is 5. The molecule has 3 aromatic carbocycles. The van der Waals surface area contributed by atoms with Gasteiger partial charge in [0.25, 0.3) is 5.91 Å². The third-order valence-corrected chi connectivity index (χ3v) is 6.77. The van der Waals surface area contributed by atoms with Crippen LogP contribution in [-0.2, 0) is 9.59 Å². The number of benzene rings is 3. The molecule has 192 valence electrons. The summed E-state index contributed by atoms with van der Waals surface area (Å²) in [7, 11) is 5.68. The zero-order valence-corrected chi connectivity index (χ0v) is 22.2. The number of aromatic nitrogens is 1. The maximum absolute atomic E-state index is 13.2. The number of rotatable bonds is 7. The normalized spacial score (nSPS) is 13.9. The summed E-state index contributed by atoms with van der Waals surface area (Å²) in [4.78, 5) is 33.9. The van der Waals surface area contributed by atoms with E-state index in [1.165, 1.54) is 0 Å². The molecule has 2 heterocycles. The molecular weight excluding hydrogens is 498 g/mol. The number of fused-ring (bicyclic) bond motifs is 2. The van der Waals surface area contributed by atoms with Crippen LogP contribution >= 0.6 is 11.6 Å². The highest BCUT2D eigenvalue weighted by atomic mass is 35.5. The van der Waals surface area contributed by atoms with Gasteiger partial charge in [0, 0.05) is 53.6 Å². The van der Waals surface area contributed by atoms with Crippen molar-refractivity contribution in [3.8, 4) is 0 Å². The van der Waals surface area contributed by atoms with E-state index in [0.717, 1.165) is 33.4 Å². The predicted octanol–water partition coefficient (Wildman–Crippen LogP) is 5.74. The van der Waals surface area contributed by atoms with Gasteiger partial charge >= 0.3 is 0 Å². The zero-order chi connectivity index (χ0) is 26.8. The number of carbonyl (C=O) groups is 2. The highest BCUT2D eigenvalue weighted by molar-refractivity contribution is 6.38. The first kappa shape index (κ1) is 25.4. The molecule has 0 fully saturated rings. The van der Waals surface area contributed by atoms with Gasteiger partial charge in [0.2, 0.25) is 5.91 Å². The van der Waals surface area contributed by atoms with Gasteiger partial charge in [-0.2, -0.15) is 0 Å². The molecule has 1 aromatic heterocycles. The van der Waals surface area contributed by atoms with Crippen molar-refractivity contribution < 1.29 is 9.59 Å². The number of hydrogen-bond donors (Lipinski definition) is 2. The second kappa shape index (κ2) is 10.7. The molecule has 4 aromatic rings. The van der Waals surface area contributed by atoms with Gasteiger partial charge < -0.3 is 20.4 Å². The van der Waals surface area contributed by atoms with Crippen LogP contribution in [0.4, 0.5) is 17.1 Å². The van der Waals surface area contributed by atoms with Crippen LogP contribution in [0.3, 0.4) is 0 Å². The van der Waals surface area contributed by atoms with E-state index >= 15 is 0 Å². The highest BCUT2D eigenvalue weighted by Crippen LogP contribution is 2.39. The first-order valence-corrected chi connectivity index (χ1v) is 12.7. The molecule has 1 aliphatic heterocycles. The van der Waals surface area contributed by atoms with Gasteiger partial charge in [-0.25, -0.2) is 0 Å². The second-order valence-electron chi connectivity index (χ2n) is 9.48. The minimum absolute atomic E-state index is 0.0462. The van der Waals surface area contributed by atoms with Gasteiger partial charge in [-0.05, 0) is 74.3 Å². The Morgan fingerprint density at radius 1 is 1.00 bits per heavy atom. The lowest BCUT2D eigenvalue weighted by molar-refractivity contribution is -0.118. The maximum atomic E-state index is 13.2. The molecule has 0 saturated carbocycles. The van der Waals surface area contributed by atoms with E-state index in [0.29, 0.717) is 34.9 Å². The minimum Gasteiger partial charge on any atom is -0.354 e. The van der Waals surface area contributed by atoms with Crippen molar-refractivity contribution in [2.24, 2.45) is 0 Å². The lowest BCUT2D eigenvalue weighted by Gasteiger charge is -2.20. The molecule has 0 radical (unpaired) electrons. The second-order valence-corrected chi connectivity index (χ2v) is 9.92. The Bertz CT molecular complexity index is 1560. The van der Waals surface area contributed by atoms with Gasteiger partial charge in [-0.3, -0.25) is 14.6 Å². The molecule has 0 saturated heterocycles. The summed E-state index contributed by atoms with van der Waals surface area (Å²) in [5.41, 5.74) is 5.94. The van der Waals surface area contributed by atoms with Crippen molar-refractivity contribution in [1.29, 1.82) is 0 Å². The molecule has 7 nitrogen and oxygen atoms in total. The van der Waals surface area contributed by atoms with E-state index in [-0.39, 0.29) is 11.8 Å². The molecule has 2 N–H and O–H groups in total. The number of pyridine rings is 1. The molecule has 2 amide bonds. The van der Waals surface area contributed by atoms with E-state index in [4.69, 9.17) is 11.6 Å². The summed E-state index contributed by atoms with van der Waals surface area (Å²) in [5.74, 6) is -0.163. The van der Waals surface area contributed by atoms with Crippen molar-refractivity contribution in [3.63, 3.8) is 0 Å². The number of anilines is 3. The van der Waals surface area contributed by atoms with E-state index in [1.807, 2.05) is 79.7 Å². The Kier molecular flexibility index (Phi) is 7.13.